The molecule has 9 heteroatoms. The molecule has 2 aromatic rings. The van der Waals surface area contributed by atoms with Crippen molar-refractivity contribution >= 4 is 40.6 Å². The van der Waals surface area contributed by atoms with Crippen molar-refractivity contribution < 1.29 is 28.6 Å². The lowest BCUT2D eigenvalue weighted by Crippen LogP contribution is -2.22. The number of hydrogen-bond donors (Lipinski definition) is 1. The Balaban J connectivity index is 1.96. The number of rotatable bonds is 10. The van der Waals surface area contributed by atoms with E-state index >= 15 is 0 Å². The molecular formula is C20H22ClNO6S. The van der Waals surface area contributed by atoms with Crippen LogP contribution in [0.2, 0.25) is 5.02 Å². The van der Waals surface area contributed by atoms with Crippen LogP contribution in [0.1, 0.15) is 38.8 Å². The van der Waals surface area contributed by atoms with Gasteiger partial charge in [-0.1, -0.05) is 11.6 Å². The van der Waals surface area contributed by atoms with Crippen molar-refractivity contribution in [2.75, 3.05) is 26.9 Å². The smallest absolute Gasteiger partial charge is 0.338 e. The van der Waals surface area contributed by atoms with Crippen molar-refractivity contribution in [1.82, 2.24) is 5.32 Å². The number of halogens is 1. The maximum absolute atomic E-state index is 12.3. The summed E-state index contributed by atoms with van der Waals surface area (Å²) in [4.78, 5) is 36.9. The van der Waals surface area contributed by atoms with Gasteiger partial charge in [0.15, 0.2) is 18.1 Å². The minimum atomic E-state index is -0.691. The first-order valence-electron chi connectivity index (χ1n) is 8.89. The molecule has 1 N–H and O–H groups in total. The monoisotopic (exact) mass is 439 g/mol. The quantitative estimate of drug-likeness (QED) is 0.450. The van der Waals surface area contributed by atoms with Gasteiger partial charge in [-0.3, -0.25) is 9.59 Å². The molecule has 2 rings (SSSR count). The molecule has 0 aliphatic heterocycles. The summed E-state index contributed by atoms with van der Waals surface area (Å²) < 4.78 is 15.7. The van der Waals surface area contributed by atoms with E-state index in [0.717, 1.165) is 4.88 Å². The van der Waals surface area contributed by atoms with Gasteiger partial charge in [-0.05, 0) is 37.6 Å². The summed E-state index contributed by atoms with van der Waals surface area (Å²) in [5.74, 6) is -0.452. The highest BCUT2D eigenvalue weighted by Gasteiger charge is 2.18. The summed E-state index contributed by atoms with van der Waals surface area (Å²) in [5, 5.41) is 2.91. The zero-order valence-corrected chi connectivity index (χ0v) is 17.9. The number of hydrogen-bond acceptors (Lipinski definition) is 7. The maximum atomic E-state index is 12.3. The summed E-state index contributed by atoms with van der Waals surface area (Å²) >= 11 is 7.46. The van der Waals surface area contributed by atoms with E-state index in [1.807, 2.05) is 6.07 Å². The number of ketones is 1. The average Bonchev–Trinajstić information content (AvgIpc) is 3.16. The molecule has 1 heterocycles. The first-order valence-corrected chi connectivity index (χ1v) is 10.1. The molecule has 1 aromatic heterocycles. The van der Waals surface area contributed by atoms with Crippen LogP contribution in [0.3, 0.4) is 0 Å². The molecule has 0 unspecified atom stereocenters. The predicted octanol–water partition coefficient (Wildman–Crippen LogP) is 3.53. The molecule has 0 fully saturated rings. The van der Waals surface area contributed by atoms with Gasteiger partial charge >= 0.3 is 5.97 Å². The fourth-order valence-electron chi connectivity index (χ4n) is 2.43. The van der Waals surface area contributed by atoms with Gasteiger partial charge in [-0.15, -0.1) is 11.3 Å². The summed E-state index contributed by atoms with van der Waals surface area (Å²) in [6, 6.07) is 6.36. The van der Waals surface area contributed by atoms with E-state index in [1.54, 1.807) is 13.0 Å². The Morgan fingerprint density at radius 2 is 1.97 bits per heavy atom. The first kappa shape index (κ1) is 22.7. The maximum Gasteiger partial charge on any atom is 0.338 e. The van der Waals surface area contributed by atoms with Gasteiger partial charge in [0, 0.05) is 18.3 Å². The van der Waals surface area contributed by atoms with Crippen LogP contribution in [0.15, 0.2) is 24.3 Å². The third-order valence-electron chi connectivity index (χ3n) is 3.77. The van der Waals surface area contributed by atoms with Crippen LogP contribution in [0.4, 0.5) is 0 Å². The zero-order chi connectivity index (χ0) is 21.4. The normalized spacial score (nSPS) is 10.3. The van der Waals surface area contributed by atoms with E-state index in [2.05, 4.69) is 5.32 Å². The van der Waals surface area contributed by atoms with Gasteiger partial charge in [0.25, 0.3) is 0 Å². The Kier molecular flexibility index (Phi) is 8.48. The molecule has 0 atom stereocenters. The number of carbonyl (C=O) groups is 3. The Bertz CT molecular complexity index is 895. The first-order chi connectivity index (χ1) is 13.8. The third-order valence-corrected chi connectivity index (χ3v) is 5.24. The third kappa shape index (κ3) is 6.47. The zero-order valence-electron chi connectivity index (χ0n) is 16.4. The van der Waals surface area contributed by atoms with Crippen LogP contribution in [-0.4, -0.2) is 44.5 Å². The van der Waals surface area contributed by atoms with Gasteiger partial charge in [0.1, 0.15) is 0 Å². The highest BCUT2D eigenvalue weighted by atomic mass is 35.5. The van der Waals surface area contributed by atoms with E-state index in [-0.39, 0.29) is 22.3 Å². The van der Waals surface area contributed by atoms with Gasteiger partial charge in [0.05, 0.1) is 29.2 Å². The second kappa shape index (κ2) is 10.8. The molecule has 0 bridgehead atoms. The Labute approximate surface area is 177 Å². The Morgan fingerprint density at radius 1 is 1.21 bits per heavy atom. The molecule has 0 saturated heterocycles. The van der Waals surface area contributed by atoms with Gasteiger partial charge in [-0.25, -0.2) is 4.79 Å². The van der Waals surface area contributed by atoms with Crippen LogP contribution in [0, 0.1) is 0 Å². The number of thiophene rings is 1. The van der Waals surface area contributed by atoms with Crippen molar-refractivity contribution in [2.24, 2.45) is 0 Å². The number of esters is 1. The van der Waals surface area contributed by atoms with E-state index in [1.165, 1.54) is 37.5 Å². The molecule has 0 aliphatic carbocycles. The number of amides is 1. The topological polar surface area (TPSA) is 90.9 Å². The lowest BCUT2D eigenvalue weighted by Gasteiger charge is -2.12. The highest BCUT2D eigenvalue weighted by molar-refractivity contribution is 7.14. The number of Topliss-reactive ketones (excluding diaryl/α,β-unsaturated/α-hetero) is 1. The number of nitrogens with one attached hydrogen (secondary N) is 1. The fraction of sp³-hybridized carbons (Fsp3) is 0.350. The van der Waals surface area contributed by atoms with E-state index in [9.17, 15) is 14.4 Å². The number of methoxy groups -OCH3 is 1. The van der Waals surface area contributed by atoms with Crippen LogP contribution < -0.4 is 14.8 Å². The molecular weight excluding hydrogens is 418 g/mol. The predicted molar refractivity (Wildman–Crippen MR) is 110 cm³/mol. The molecule has 0 saturated carbocycles. The highest BCUT2D eigenvalue weighted by Crippen LogP contribution is 2.36. The lowest BCUT2D eigenvalue weighted by molar-refractivity contribution is -0.118. The van der Waals surface area contributed by atoms with Crippen molar-refractivity contribution in [3.05, 3.63) is 44.6 Å². The molecule has 0 radical (unpaired) electrons. The second-order valence-electron chi connectivity index (χ2n) is 5.92. The van der Waals surface area contributed by atoms with E-state index < -0.39 is 12.6 Å². The van der Waals surface area contributed by atoms with Crippen LogP contribution in [0.5, 0.6) is 11.5 Å². The number of ether oxygens (including phenoxy) is 3. The van der Waals surface area contributed by atoms with Crippen LogP contribution >= 0.6 is 22.9 Å². The summed E-state index contributed by atoms with van der Waals surface area (Å²) in [6.07, 6.45) is 0.627. The molecule has 7 nitrogen and oxygen atoms in total. The summed E-state index contributed by atoms with van der Waals surface area (Å²) in [7, 11) is 1.44. The largest absolute Gasteiger partial charge is 0.493 e. The minimum absolute atomic E-state index is 0.101. The van der Waals surface area contributed by atoms with Crippen LogP contribution in [-0.2, 0) is 16.0 Å². The van der Waals surface area contributed by atoms with Gasteiger partial charge in [0.2, 0.25) is 11.7 Å². The SMILES string of the molecule is CCOc1c(Cl)cc(C(=O)OCC(=O)c2ccc(CCNC(C)=O)s2)cc1OC. The second-order valence-corrected chi connectivity index (χ2v) is 7.50. The Morgan fingerprint density at radius 3 is 2.62 bits per heavy atom. The van der Waals surface area contributed by atoms with Crippen molar-refractivity contribution in [1.29, 1.82) is 0 Å². The van der Waals surface area contributed by atoms with E-state index in [4.69, 9.17) is 25.8 Å². The molecule has 1 amide bonds. The van der Waals surface area contributed by atoms with Crippen molar-refractivity contribution in [3.63, 3.8) is 0 Å². The fourth-order valence-corrected chi connectivity index (χ4v) is 3.63. The molecule has 29 heavy (non-hydrogen) atoms. The Hall–Kier alpha value is -2.58. The van der Waals surface area contributed by atoms with Crippen LogP contribution in [0.25, 0.3) is 0 Å². The van der Waals surface area contributed by atoms with Gasteiger partial charge in [-0.2, -0.15) is 0 Å². The molecule has 156 valence electrons. The van der Waals surface area contributed by atoms with Crippen molar-refractivity contribution in [2.45, 2.75) is 20.3 Å². The lowest BCUT2D eigenvalue weighted by atomic mass is 10.2. The van der Waals surface area contributed by atoms with Gasteiger partial charge < -0.3 is 19.5 Å². The summed E-state index contributed by atoms with van der Waals surface area (Å²) in [5.41, 5.74) is 0.158. The standard InChI is InChI=1S/C20H22ClNO6S/c1-4-27-19-15(21)9-13(10-17(19)26-3)20(25)28-11-16(24)18-6-5-14(29-18)7-8-22-12(2)23/h5-6,9-10H,4,7-8,11H2,1-3H3,(H,22,23). The minimum Gasteiger partial charge on any atom is -0.493 e. The number of carbonyl (C=O) groups excluding carboxylic acids is 3. The van der Waals surface area contributed by atoms with E-state index in [0.29, 0.717) is 35.9 Å². The molecule has 0 aliphatic rings. The number of benzene rings is 1. The average molecular weight is 440 g/mol. The molecule has 0 spiro atoms. The van der Waals surface area contributed by atoms with Crippen molar-refractivity contribution in [3.8, 4) is 11.5 Å². The molecule has 1 aromatic carbocycles. The summed E-state index contributed by atoms with van der Waals surface area (Å²) in [6.45, 7) is 3.75.